The minimum absolute atomic E-state index is 0.0430. The quantitative estimate of drug-likeness (QED) is 0.0565. The highest BCUT2D eigenvalue weighted by atomic mass is 33.1. The molecule has 2 aromatic heterocycles. The summed E-state index contributed by atoms with van der Waals surface area (Å²) in [6.45, 7) is 2.20. The first-order valence-electron chi connectivity index (χ1n) is 18.1. The normalized spacial score (nSPS) is 18.3. The molecule has 2 N–H and O–H groups in total. The fourth-order valence-corrected chi connectivity index (χ4v) is 9.67. The second-order valence-corrected chi connectivity index (χ2v) is 15.6. The topological polar surface area (TPSA) is 130 Å². The van der Waals surface area contributed by atoms with Crippen LogP contribution >= 0.6 is 21.6 Å². The van der Waals surface area contributed by atoms with Crippen LogP contribution in [-0.4, -0.2) is 74.6 Å². The summed E-state index contributed by atoms with van der Waals surface area (Å²) in [5.41, 5.74) is 2.92. The molecule has 1 aliphatic heterocycles. The molecule has 1 amide bonds. The molecule has 13 heteroatoms. The van der Waals surface area contributed by atoms with Crippen LogP contribution in [0.4, 0.5) is 5.82 Å². The van der Waals surface area contributed by atoms with Crippen molar-refractivity contribution in [3.05, 3.63) is 144 Å². The third-order valence-corrected chi connectivity index (χ3v) is 12.5. The lowest BCUT2D eigenvalue weighted by Gasteiger charge is -2.37. The van der Waals surface area contributed by atoms with Gasteiger partial charge in [0, 0.05) is 11.3 Å². The number of amides is 1. The van der Waals surface area contributed by atoms with Gasteiger partial charge in [-0.05, 0) is 59.5 Å². The molecule has 11 nitrogen and oxygen atoms in total. The number of benzene rings is 4. The van der Waals surface area contributed by atoms with E-state index < -0.39 is 29.3 Å². The number of aliphatic hydroxyl groups excluding tert-OH is 1. The van der Waals surface area contributed by atoms with E-state index in [0.29, 0.717) is 16.7 Å². The molecule has 0 saturated carbocycles. The number of imidazole rings is 1. The number of rotatable bonds is 16. The van der Waals surface area contributed by atoms with Crippen LogP contribution < -0.4 is 14.8 Å². The van der Waals surface area contributed by atoms with Gasteiger partial charge in [-0.1, -0.05) is 108 Å². The van der Waals surface area contributed by atoms with Gasteiger partial charge in [0.2, 0.25) is 0 Å². The van der Waals surface area contributed by atoms with Crippen molar-refractivity contribution in [3.8, 4) is 11.5 Å². The SMILES string of the molecule is CCCCSS[C@@H]1[C@H](O)[C@@H](COC(c2ccccc2)(c2ccc(OC)cc2)c2ccc(OC)cc2)O[C@H]1n1cnc2c(NC(=O)c3ccccc3)ncnc21. The Morgan fingerprint density at radius 3 is 2.09 bits per heavy atom. The van der Waals surface area contributed by atoms with Crippen molar-refractivity contribution in [2.75, 3.05) is 31.9 Å². The molecule has 3 heterocycles. The van der Waals surface area contributed by atoms with Crippen molar-refractivity contribution in [2.24, 2.45) is 0 Å². The zero-order chi connectivity index (χ0) is 38.2. The predicted molar refractivity (Wildman–Crippen MR) is 217 cm³/mol. The fourth-order valence-electron chi connectivity index (χ4n) is 6.69. The monoisotopic (exact) mass is 777 g/mol. The lowest BCUT2D eigenvalue weighted by Crippen LogP contribution is -2.39. The molecular weight excluding hydrogens is 735 g/mol. The third kappa shape index (κ3) is 8.07. The largest absolute Gasteiger partial charge is 0.497 e. The van der Waals surface area contributed by atoms with Gasteiger partial charge in [-0.15, -0.1) is 0 Å². The van der Waals surface area contributed by atoms with Crippen LogP contribution in [0.5, 0.6) is 11.5 Å². The first kappa shape index (κ1) is 38.4. The average molecular weight is 778 g/mol. The molecule has 1 aliphatic rings. The Kier molecular flexibility index (Phi) is 12.3. The van der Waals surface area contributed by atoms with Crippen LogP contribution in [0.15, 0.2) is 122 Å². The Morgan fingerprint density at radius 1 is 0.855 bits per heavy atom. The fraction of sp³-hybridized carbons (Fsp3) is 0.286. The molecule has 0 spiro atoms. The summed E-state index contributed by atoms with van der Waals surface area (Å²) in [4.78, 5) is 26.6. The van der Waals surface area contributed by atoms with Crippen molar-refractivity contribution >= 4 is 44.5 Å². The lowest BCUT2D eigenvalue weighted by molar-refractivity contribution is -0.0930. The number of carbonyl (C=O) groups is 1. The van der Waals surface area contributed by atoms with Gasteiger partial charge in [-0.3, -0.25) is 9.36 Å². The summed E-state index contributed by atoms with van der Waals surface area (Å²) in [6.07, 6.45) is 2.83. The highest BCUT2D eigenvalue weighted by Gasteiger charge is 2.48. The summed E-state index contributed by atoms with van der Waals surface area (Å²) in [6, 6.07) is 34.6. The standard InChI is InChI=1S/C42H43N5O6S2/c1-4-5-24-54-55-37-36(48)34(53-41(37)47-27-45-35-38(43-26-44-39(35)47)46-40(49)28-12-8-6-9-13-28)25-52-42(29-14-10-7-11-15-29,30-16-20-32(50-2)21-17-30)31-18-22-33(51-3)23-19-31/h6-23,26-27,34,36-37,41,48H,4-5,24-25H2,1-3H3,(H,43,44,46,49)/t34-,36-,37-,41-/m1/s1. The van der Waals surface area contributed by atoms with Crippen molar-refractivity contribution in [1.82, 2.24) is 19.5 Å². The van der Waals surface area contributed by atoms with E-state index in [-0.39, 0.29) is 18.3 Å². The van der Waals surface area contributed by atoms with Gasteiger partial charge in [0.05, 0.1) is 38.5 Å². The zero-order valence-electron chi connectivity index (χ0n) is 30.8. The minimum Gasteiger partial charge on any atom is -0.497 e. The maximum Gasteiger partial charge on any atom is 0.256 e. The minimum atomic E-state index is -1.10. The Balaban J connectivity index is 1.23. The van der Waals surface area contributed by atoms with Gasteiger partial charge in [-0.2, -0.15) is 0 Å². The van der Waals surface area contributed by atoms with E-state index in [1.54, 1.807) is 66.4 Å². The van der Waals surface area contributed by atoms with Crippen LogP contribution in [0.25, 0.3) is 11.2 Å². The molecule has 7 rings (SSSR count). The number of methoxy groups -OCH3 is 2. The molecule has 0 bridgehead atoms. The van der Waals surface area contributed by atoms with Gasteiger partial charge < -0.3 is 29.4 Å². The van der Waals surface area contributed by atoms with Gasteiger partial charge in [0.15, 0.2) is 23.2 Å². The first-order valence-corrected chi connectivity index (χ1v) is 20.5. The van der Waals surface area contributed by atoms with Gasteiger partial charge in [0.25, 0.3) is 5.91 Å². The van der Waals surface area contributed by atoms with Crippen LogP contribution in [-0.2, 0) is 15.1 Å². The van der Waals surface area contributed by atoms with E-state index >= 15 is 0 Å². The van der Waals surface area contributed by atoms with Crippen molar-refractivity contribution in [2.45, 2.75) is 49.1 Å². The molecule has 55 heavy (non-hydrogen) atoms. The number of aromatic nitrogens is 4. The number of hydrogen-bond donors (Lipinski definition) is 2. The number of nitrogens with zero attached hydrogens (tertiary/aromatic N) is 4. The number of anilines is 1. The summed E-state index contributed by atoms with van der Waals surface area (Å²) >= 11 is 0. The summed E-state index contributed by atoms with van der Waals surface area (Å²) in [7, 11) is 6.58. The number of aliphatic hydroxyl groups is 1. The highest BCUT2D eigenvalue weighted by molar-refractivity contribution is 8.77. The van der Waals surface area contributed by atoms with E-state index in [2.05, 4.69) is 27.2 Å². The number of hydrogen-bond acceptors (Lipinski definition) is 11. The first-order chi connectivity index (χ1) is 27.0. The predicted octanol–water partition coefficient (Wildman–Crippen LogP) is 7.91. The molecule has 284 valence electrons. The molecule has 0 aliphatic carbocycles. The van der Waals surface area contributed by atoms with Gasteiger partial charge in [0.1, 0.15) is 29.5 Å². The van der Waals surface area contributed by atoms with E-state index in [1.807, 2.05) is 89.5 Å². The second kappa shape index (κ2) is 17.7. The van der Waals surface area contributed by atoms with Gasteiger partial charge >= 0.3 is 0 Å². The Bertz CT molecular complexity index is 2110. The maximum absolute atomic E-state index is 13.1. The lowest BCUT2D eigenvalue weighted by atomic mass is 9.80. The highest BCUT2D eigenvalue weighted by Crippen LogP contribution is 2.46. The van der Waals surface area contributed by atoms with E-state index in [9.17, 15) is 9.90 Å². The molecule has 1 fully saturated rings. The molecule has 4 atom stereocenters. The Labute approximate surface area is 328 Å². The Morgan fingerprint density at radius 2 is 1.47 bits per heavy atom. The van der Waals surface area contributed by atoms with Crippen LogP contribution in [0.3, 0.4) is 0 Å². The Hall–Kier alpha value is -4.92. The smallest absolute Gasteiger partial charge is 0.256 e. The number of carbonyl (C=O) groups excluding carboxylic acids is 1. The van der Waals surface area contributed by atoms with E-state index in [4.69, 9.17) is 18.9 Å². The molecule has 0 unspecified atom stereocenters. The third-order valence-electron chi connectivity index (χ3n) is 9.61. The van der Waals surface area contributed by atoms with E-state index in [1.165, 1.54) is 6.33 Å². The molecular formula is C42H43N5O6S2. The summed E-state index contributed by atoms with van der Waals surface area (Å²) in [5, 5.41) is 14.6. The number of nitrogens with one attached hydrogen (secondary N) is 1. The number of unbranched alkanes of at least 4 members (excludes halogenated alkanes) is 1. The van der Waals surface area contributed by atoms with Crippen molar-refractivity contribution in [1.29, 1.82) is 0 Å². The molecule has 6 aromatic rings. The van der Waals surface area contributed by atoms with E-state index in [0.717, 1.165) is 46.8 Å². The molecule has 1 saturated heterocycles. The maximum atomic E-state index is 13.1. The number of fused-ring (bicyclic) bond motifs is 1. The van der Waals surface area contributed by atoms with Crippen molar-refractivity contribution < 1.29 is 28.8 Å². The molecule has 4 aromatic carbocycles. The second-order valence-electron chi connectivity index (χ2n) is 13.0. The number of ether oxygens (including phenoxy) is 4. The van der Waals surface area contributed by atoms with Crippen LogP contribution in [0, 0.1) is 0 Å². The summed E-state index contributed by atoms with van der Waals surface area (Å²) in [5.74, 6) is 2.34. The van der Waals surface area contributed by atoms with Crippen molar-refractivity contribution in [3.63, 3.8) is 0 Å². The zero-order valence-corrected chi connectivity index (χ0v) is 32.4. The average Bonchev–Trinajstić information content (AvgIpc) is 3.81. The molecule has 0 radical (unpaired) electrons. The van der Waals surface area contributed by atoms with Crippen LogP contribution in [0.1, 0.15) is 53.0 Å². The van der Waals surface area contributed by atoms with Crippen LogP contribution in [0.2, 0.25) is 0 Å². The van der Waals surface area contributed by atoms with Gasteiger partial charge in [-0.25, -0.2) is 15.0 Å². The summed E-state index contributed by atoms with van der Waals surface area (Å²) < 4.78 is 26.8.